The van der Waals surface area contributed by atoms with E-state index < -0.39 is 34.3 Å². The summed E-state index contributed by atoms with van der Waals surface area (Å²) in [6.45, 7) is 1.38. The third-order valence-electron chi connectivity index (χ3n) is 8.25. The zero-order valence-corrected chi connectivity index (χ0v) is 27.2. The van der Waals surface area contributed by atoms with Crippen molar-refractivity contribution in [1.29, 1.82) is 0 Å². The maximum absolute atomic E-state index is 14.5. The van der Waals surface area contributed by atoms with Gasteiger partial charge in [-0.1, -0.05) is 103 Å². The van der Waals surface area contributed by atoms with Crippen LogP contribution < -0.4 is 9.62 Å². The van der Waals surface area contributed by atoms with Gasteiger partial charge in [-0.25, -0.2) is 12.8 Å². The van der Waals surface area contributed by atoms with Crippen molar-refractivity contribution in [2.75, 3.05) is 10.8 Å². The lowest BCUT2D eigenvalue weighted by molar-refractivity contribution is -0.140. The quantitative estimate of drug-likeness (QED) is 0.184. The number of carbonyl (C=O) groups excluding carboxylic acids is 2. The van der Waals surface area contributed by atoms with Gasteiger partial charge >= 0.3 is 0 Å². The number of anilines is 1. The van der Waals surface area contributed by atoms with E-state index in [-0.39, 0.29) is 40.5 Å². The highest BCUT2D eigenvalue weighted by Gasteiger charge is 2.35. The second kappa shape index (κ2) is 14.9. The largest absolute Gasteiger partial charge is 0.352 e. The first-order valence-corrected chi connectivity index (χ1v) is 17.2. The lowest BCUT2D eigenvalue weighted by atomic mass is 10.0. The van der Waals surface area contributed by atoms with Crippen LogP contribution in [-0.4, -0.2) is 43.8 Å². The molecule has 0 heterocycles. The predicted molar refractivity (Wildman–Crippen MR) is 178 cm³/mol. The Kier molecular flexibility index (Phi) is 10.8. The Morgan fingerprint density at radius 1 is 0.891 bits per heavy atom. The second-order valence-electron chi connectivity index (χ2n) is 11.6. The van der Waals surface area contributed by atoms with Crippen LogP contribution in [0.25, 0.3) is 0 Å². The molecule has 2 amide bonds. The monoisotopic (exact) mass is 661 g/mol. The number of hydrogen-bond acceptors (Lipinski definition) is 4. The number of amides is 2. The molecule has 0 bridgehead atoms. The fraction of sp³-hybridized carbons (Fsp3) is 0.278. The first-order chi connectivity index (χ1) is 22.1. The van der Waals surface area contributed by atoms with Crippen molar-refractivity contribution in [3.63, 3.8) is 0 Å². The van der Waals surface area contributed by atoms with E-state index in [1.807, 2.05) is 61.5 Å². The molecule has 1 aliphatic rings. The average molecular weight is 662 g/mol. The van der Waals surface area contributed by atoms with Gasteiger partial charge in [0, 0.05) is 19.0 Å². The molecule has 1 saturated carbocycles. The number of aryl methyl sites for hydroxylation is 1. The van der Waals surface area contributed by atoms with Crippen molar-refractivity contribution >= 4 is 39.1 Å². The van der Waals surface area contributed by atoms with E-state index in [4.69, 9.17) is 11.6 Å². The fourth-order valence-electron chi connectivity index (χ4n) is 5.70. The number of halogens is 2. The van der Waals surface area contributed by atoms with E-state index in [0.29, 0.717) is 0 Å². The van der Waals surface area contributed by atoms with Crippen LogP contribution in [0.1, 0.15) is 42.4 Å². The van der Waals surface area contributed by atoms with Crippen LogP contribution >= 0.6 is 11.6 Å². The highest BCUT2D eigenvalue weighted by Crippen LogP contribution is 2.29. The molecule has 1 aliphatic carbocycles. The highest BCUT2D eigenvalue weighted by atomic mass is 35.5. The molecule has 0 saturated heterocycles. The topological polar surface area (TPSA) is 86.8 Å². The summed E-state index contributed by atoms with van der Waals surface area (Å²) in [7, 11) is -4.31. The van der Waals surface area contributed by atoms with Gasteiger partial charge in [0.2, 0.25) is 11.8 Å². The molecular weight excluding hydrogens is 625 g/mol. The third kappa shape index (κ3) is 8.13. The van der Waals surface area contributed by atoms with Gasteiger partial charge in [0.05, 0.1) is 15.6 Å². The normalized spacial score (nSPS) is 14.1. The number of nitrogens with one attached hydrogen (secondary N) is 1. The van der Waals surface area contributed by atoms with E-state index in [1.54, 1.807) is 18.2 Å². The van der Waals surface area contributed by atoms with E-state index in [9.17, 15) is 22.4 Å². The summed E-state index contributed by atoms with van der Waals surface area (Å²) in [6.07, 6.45) is 4.00. The molecule has 0 aliphatic heterocycles. The van der Waals surface area contributed by atoms with Gasteiger partial charge in [-0.15, -0.1) is 0 Å². The Hall–Kier alpha value is -4.21. The minimum atomic E-state index is -4.31. The first-order valence-electron chi connectivity index (χ1n) is 15.3. The number of nitrogens with zero attached hydrogens (tertiary/aromatic N) is 2. The standard InChI is InChI=1S/C36H37ClFN3O4S/c1-26-16-18-28(19-17-26)24-40(34(22-27-10-4-2-5-11-27)36(43)39-29-12-8-9-13-29)35(42)25-41(30-20-21-33(38)32(37)23-30)46(44,45)31-14-6-3-7-15-31/h2-7,10-11,14-21,23,29,34H,8-9,12-13,22,24-25H2,1H3,(H,39,43). The lowest BCUT2D eigenvalue weighted by Crippen LogP contribution is -2.54. The predicted octanol–water partition coefficient (Wildman–Crippen LogP) is 6.68. The van der Waals surface area contributed by atoms with Gasteiger partial charge in [-0.3, -0.25) is 13.9 Å². The highest BCUT2D eigenvalue weighted by molar-refractivity contribution is 7.92. The maximum Gasteiger partial charge on any atom is 0.264 e. The van der Waals surface area contributed by atoms with Gasteiger partial charge in [-0.2, -0.15) is 0 Å². The van der Waals surface area contributed by atoms with Crippen molar-refractivity contribution < 1.29 is 22.4 Å². The fourth-order valence-corrected chi connectivity index (χ4v) is 7.30. The van der Waals surface area contributed by atoms with Crippen molar-refractivity contribution in [3.05, 3.63) is 131 Å². The number of benzene rings is 4. The number of rotatable bonds is 12. The summed E-state index contributed by atoms with van der Waals surface area (Å²) < 4.78 is 43.2. The van der Waals surface area contributed by atoms with Gasteiger partial charge in [0.1, 0.15) is 18.4 Å². The van der Waals surface area contributed by atoms with Crippen molar-refractivity contribution in [2.24, 2.45) is 0 Å². The lowest BCUT2D eigenvalue weighted by Gasteiger charge is -2.34. The number of hydrogen-bond donors (Lipinski definition) is 1. The molecule has 10 heteroatoms. The Labute approximate surface area is 275 Å². The van der Waals surface area contributed by atoms with Crippen LogP contribution in [0.2, 0.25) is 5.02 Å². The Morgan fingerprint density at radius 3 is 2.15 bits per heavy atom. The Morgan fingerprint density at radius 2 is 1.52 bits per heavy atom. The average Bonchev–Trinajstić information content (AvgIpc) is 3.57. The van der Waals surface area contributed by atoms with Crippen LogP contribution in [-0.2, 0) is 32.6 Å². The van der Waals surface area contributed by atoms with E-state index in [1.165, 1.54) is 29.2 Å². The number of carbonyl (C=O) groups is 2. The van der Waals surface area contributed by atoms with Crippen LogP contribution in [0.5, 0.6) is 0 Å². The maximum atomic E-state index is 14.5. The van der Waals surface area contributed by atoms with Crippen LogP contribution in [0, 0.1) is 12.7 Å². The third-order valence-corrected chi connectivity index (χ3v) is 10.3. The van der Waals surface area contributed by atoms with Crippen molar-refractivity contribution in [3.8, 4) is 0 Å². The molecule has 0 radical (unpaired) electrons. The minimum absolute atomic E-state index is 0.0124. The van der Waals surface area contributed by atoms with Gasteiger partial charge in [0.15, 0.2) is 0 Å². The van der Waals surface area contributed by atoms with Crippen LogP contribution in [0.15, 0.2) is 108 Å². The summed E-state index contributed by atoms with van der Waals surface area (Å²) in [5.41, 5.74) is 2.70. The first kappa shape index (κ1) is 33.2. The molecule has 4 aromatic carbocycles. The molecule has 1 atom stereocenters. The molecule has 0 aromatic heterocycles. The molecule has 1 unspecified atom stereocenters. The molecule has 4 aromatic rings. The van der Waals surface area contributed by atoms with Gasteiger partial charge in [-0.05, 0) is 61.2 Å². The summed E-state index contributed by atoms with van der Waals surface area (Å²) in [4.78, 5) is 30.0. The van der Waals surface area contributed by atoms with Gasteiger partial charge in [0.25, 0.3) is 10.0 Å². The minimum Gasteiger partial charge on any atom is -0.352 e. The Balaban J connectivity index is 1.57. The molecule has 46 heavy (non-hydrogen) atoms. The smallest absolute Gasteiger partial charge is 0.264 e. The SMILES string of the molecule is Cc1ccc(CN(C(=O)CN(c2ccc(F)c(Cl)c2)S(=O)(=O)c2ccccc2)C(Cc2ccccc2)C(=O)NC2CCCC2)cc1. The summed E-state index contributed by atoms with van der Waals surface area (Å²) >= 11 is 6.09. The summed E-state index contributed by atoms with van der Waals surface area (Å²) in [6, 6.07) is 27.4. The molecular formula is C36H37ClFN3O4S. The molecule has 7 nitrogen and oxygen atoms in total. The van der Waals surface area contributed by atoms with E-state index >= 15 is 0 Å². The van der Waals surface area contributed by atoms with Crippen LogP contribution in [0.3, 0.4) is 0 Å². The molecule has 240 valence electrons. The van der Waals surface area contributed by atoms with E-state index in [2.05, 4.69) is 5.32 Å². The molecule has 1 fully saturated rings. The molecule has 5 rings (SSSR count). The summed E-state index contributed by atoms with van der Waals surface area (Å²) in [5.74, 6) is -1.61. The van der Waals surface area contributed by atoms with Crippen LogP contribution in [0.4, 0.5) is 10.1 Å². The zero-order valence-electron chi connectivity index (χ0n) is 25.6. The number of sulfonamides is 1. The zero-order chi connectivity index (χ0) is 32.7. The second-order valence-corrected chi connectivity index (χ2v) is 13.9. The van der Waals surface area contributed by atoms with E-state index in [0.717, 1.165) is 52.7 Å². The molecule has 1 N–H and O–H groups in total. The van der Waals surface area contributed by atoms with Crippen molar-refractivity contribution in [2.45, 2.75) is 62.6 Å². The molecule has 0 spiro atoms. The Bertz CT molecular complexity index is 1750. The summed E-state index contributed by atoms with van der Waals surface area (Å²) in [5, 5.41) is 2.88. The van der Waals surface area contributed by atoms with Crippen molar-refractivity contribution in [1.82, 2.24) is 10.2 Å². The van der Waals surface area contributed by atoms with Gasteiger partial charge < -0.3 is 10.2 Å².